The first kappa shape index (κ1) is 64.9. The minimum Gasteiger partial charge on any atom is -0.455 e. The van der Waals surface area contributed by atoms with E-state index >= 15 is 0 Å². The molecule has 22 heteroatoms. The van der Waals surface area contributed by atoms with Crippen LogP contribution in [0.5, 0.6) is 0 Å². The number of rotatable bonds is 31. The molecule has 9 unspecified atom stereocenters. The molecule has 75 heavy (non-hydrogen) atoms. The number of amides is 5. The van der Waals surface area contributed by atoms with Crippen LogP contribution in [0, 0.1) is 23.7 Å². The Morgan fingerprint density at radius 2 is 1.56 bits per heavy atom. The van der Waals surface area contributed by atoms with Crippen LogP contribution < -0.4 is 10.6 Å². The smallest absolute Gasteiger partial charge is 0.245 e. The first-order valence-corrected chi connectivity index (χ1v) is 33.8. The zero-order chi connectivity index (χ0) is 56.4. The van der Waals surface area contributed by atoms with Crippen molar-refractivity contribution in [1.82, 2.24) is 35.3 Å². The molecule has 10 atom stereocenters. The van der Waals surface area contributed by atoms with Crippen LogP contribution >= 0.6 is 11.8 Å². The van der Waals surface area contributed by atoms with Crippen LogP contribution in [-0.4, -0.2) is 159 Å². The third-order valence-electron chi connectivity index (χ3n) is 14.5. The van der Waals surface area contributed by atoms with Gasteiger partial charge in [0.1, 0.15) is 12.1 Å². The fourth-order valence-corrected chi connectivity index (χ4v) is 20.6. The van der Waals surface area contributed by atoms with E-state index < -0.39 is 77.0 Å². The summed E-state index contributed by atoms with van der Waals surface area (Å²) in [6, 6.07) is 6.61. The second-order valence-electron chi connectivity index (χ2n) is 22.2. The molecule has 0 bridgehead atoms. The second kappa shape index (κ2) is 30.5. The van der Waals surface area contributed by atoms with Crippen molar-refractivity contribution in [2.45, 2.75) is 186 Å². The Hall–Kier alpha value is -4.42. The Balaban J connectivity index is 1.67. The zero-order valence-corrected chi connectivity index (χ0v) is 50.6. The molecule has 3 N–H and O–H groups in total. The fourth-order valence-electron chi connectivity index (χ4n) is 10.3. The molecule has 1 aliphatic heterocycles. The summed E-state index contributed by atoms with van der Waals surface area (Å²) in [5.41, 5.74) is 10.0. The number of azide groups is 1. The number of methoxy groups -OCH3 is 2. The van der Waals surface area contributed by atoms with Gasteiger partial charge in [-0.25, -0.2) is 9.97 Å². The van der Waals surface area contributed by atoms with Crippen molar-refractivity contribution in [1.29, 1.82) is 0 Å². The van der Waals surface area contributed by atoms with Crippen molar-refractivity contribution in [2.75, 3.05) is 40.2 Å². The van der Waals surface area contributed by atoms with Crippen LogP contribution in [0.15, 0.2) is 53.0 Å². The number of ether oxygens (including phenoxy) is 2. The van der Waals surface area contributed by atoms with E-state index in [1.165, 1.54) is 16.7 Å². The average molecular weight is 1100 g/mol. The number of hydrogen-bond donors (Lipinski definition) is 3. The minimum absolute atomic E-state index is 0.0318. The van der Waals surface area contributed by atoms with E-state index in [1.807, 2.05) is 71.9 Å². The van der Waals surface area contributed by atoms with Gasteiger partial charge in [-0.1, -0.05) is 102 Å². The van der Waals surface area contributed by atoms with Gasteiger partial charge in [-0.2, -0.15) is 0 Å². The third-order valence-corrected chi connectivity index (χ3v) is 24.3. The van der Waals surface area contributed by atoms with Crippen molar-refractivity contribution >= 4 is 57.9 Å². The van der Waals surface area contributed by atoms with Gasteiger partial charge in [-0.15, -0.1) is 0 Å². The molecule has 1 aliphatic rings. The standard InChI is InChI=1S/C53H90N10O9SSi2/c1-17-36(6)47(42(70-11)29-44(65)63-27-21-25-41(63)49(71-12)37(7)50(67)58-38(8)48(66)40-23-19-18-20-24-40)62(10)52(69)45(34(2)3)59-51(68)46(35(4)5)61(9)43(64)26-22-28-74(13,14)72-75(15,16)33-73-53-55-30-39(31-56-53)32-57-60-54/h18-20,23-24,30-31,34-38,41-42,45-49,66H,17,21-22,25-29,32-33H2,1-16H3,(H,58,67)(H,59,68)/t36?,37?,38?,41-,42?,45?,46?,47?,48?,49?/m1/s1. The Bertz CT molecular complexity index is 2190. The lowest BCUT2D eigenvalue weighted by Crippen LogP contribution is -2.60. The Kier molecular flexibility index (Phi) is 26.4. The molecule has 5 amide bonds. The summed E-state index contributed by atoms with van der Waals surface area (Å²) in [4.78, 5) is 87.4. The highest BCUT2D eigenvalue weighted by atomic mass is 32.2. The first-order chi connectivity index (χ1) is 35.2. The second-order valence-corrected chi connectivity index (χ2v) is 32.4. The monoisotopic (exact) mass is 1100 g/mol. The van der Waals surface area contributed by atoms with Crippen molar-refractivity contribution in [3.63, 3.8) is 0 Å². The highest BCUT2D eigenvalue weighted by molar-refractivity contribution is 8.00. The number of nitrogens with zero attached hydrogens (tertiary/aromatic N) is 8. The molecule has 1 saturated heterocycles. The summed E-state index contributed by atoms with van der Waals surface area (Å²) < 4.78 is 18.9. The number of aromatic nitrogens is 2. The first-order valence-electron chi connectivity index (χ1n) is 26.6. The number of nitrogens with one attached hydrogen (secondary N) is 2. The predicted octanol–water partition coefficient (Wildman–Crippen LogP) is 7.91. The summed E-state index contributed by atoms with van der Waals surface area (Å²) in [5, 5.41) is 21.9. The Labute approximate surface area is 453 Å². The zero-order valence-electron chi connectivity index (χ0n) is 47.7. The third kappa shape index (κ3) is 19.2. The maximum Gasteiger partial charge on any atom is 0.245 e. The quantitative estimate of drug-likeness (QED) is 0.0163. The summed E-state index contributed by atoms with van der Waals surface area (Å²) in [6.07, 6.45) is 3.93. The van der Waals surface area contributed by atoms with Crippen molar-refractivity contribution < 1.29 is 42.7 Å². The van der Waals surface area contributed by atoms with E-state index in [0.717, 1.165) is 23.4 Å². The summed E-state index contributed by atoms with van der Waals surface area (Å²) in [5.74, 6) is -2.73. The molecule has 1 aromatic carbocycles. The van der Waals surface area contributed by atoms with Gasteiger partial charge < -0.3 is 44.0 Å². The van der Waals surface area contributed by atoms with Crippen LogP contribution in [0.2, 0.25) is 32.2 Å². The Morgan fingerprint density at radius 1 is 0.920 bits per heavy atom. The number of benzene rings is 1. The number of aliphatic hydroxyl groups excluding tert-OH is 1. The van der Waals surface area contributed by atoms with Gasteiger partial charge in [0.15, 0.2) is 21.8 Å². The molecule has 0 radical (unpaired) electrons. The van der Waals surface area contributed by atoms with Gasteiger partial charge >= 0.3 is 0 Å². The van der Waals surface area contributed by atoms with E-state index in [4.69, 9.17) is 19.1 Å². The van der Waals surface area contributed by atoms with Crippen molar-refractivity contribution in [2.24, 2.45) is 28.8 Å². The van der Waals surface area contributed by atoms with Crippen LogP contribution in [0.3, 0.4) is 0 Å². The van der Waals surface area contributed by atoms with Crippen molar-refractivity contribution in [3.05, 3.63) is 64.3 Å². The van der Waals surface area contributed by atoms with E-state index in [2.05, 4.69) is 56.8 Å². The Morgan fingerprint density at radius 3 is 2.12 bits per heavy atom. The maximum atomic E-state index is 14.7. The van der Waals surface area contributed by atoms with Gasteiger partial charge in [-0.05, 0) is 92.8 Å². The number of hydrogen-bond acceptors (Lipinski definition) is 13. The van der Waals surface area contributed by atoms with Gasteiger partial charge in [-0.3, -0.25) is 24.0 Å². The number of thioether (sulfide) groups is 1. The molecular formula is C53H90N10O9SSi2. The molecule has 3 rings (SSSR count). The van der Waals surface area contributed by atoms with E-state index in [0.29, 0.717) is 36.5 Å². The number of likely N-dealkylation sites (N-methyl/N-ethyl adjacent to an activating group) is 2. The number of carbonyl (C=O) groups excluding carboxylic acids is 5. The van der Waals surface area contributed by atoms with Crippen LogP contribution in [0.25, 0.3) is 10.4 Å². The summed E-state index contributed by atoms with van der Waals surface area (Å²) >= 11 is 1.54. The molecule has 0 saturated carbocycles. The molecule has 1 aromatic heterocycles. The van der Waals surface area contributed by atoms with E-state index in [-0.39, 0.29) is 60.8 Å². The normalized spacial score (nSPS) is 17.7. The topological polar surface area (TPSA) is 242 Å². The lowest BCUT2D eigenvalue weighted by atomic mass is 9.89. The molecule has 0 spiro atoms. The van der Waals surface area contributed by atoms with Gasteiger partial charge in [0.05, 0.1) is 55.3 Å². The lowest BCUT2D eigenvalue weighted by Gasteiger charge is -2.41. The molecule has 0 aliphatic carbocycles. The van der Waals surface area contributed by atoms with Gasteiger partial charge in [0, 0.05) is 64.0 Å². The van der Waals surface area contributed by atoms with Crippen LogP contribution in [-0.2, 0) is 44.1 Å². The van der Waals surface area contributed by atoms with E-state index in [1.54, 1.807) is 64.4 Å². The summed E-state index contributed by atoms with van der Waals surface area (Å²) in [6.45, 7) is 24.4. The molecule has 1 fully saturated rings. The van der Waals surface area contributed by atoms with Gasteiger partial charge in [0.25, 0.3) is 0 Å². The lowest BCUT2D eigenvalue weighted by molar-refractivity contribution is -0.148. The average Bonchev–Trinajstić information content (AvgIpc) is 3.85. The van der Waals surface area contributed by atoms with Crippen LogP contribution in [0.1, 0.15) is 111 Å². The minimum atomic E-state index is -2.20. The summed E-state index contributed by atoms with van der Waals surface area (Å²) in [7, 11) is 2.07. The van der Waals surface area contributed by atoms with Gasteiger partial charge in [0.2, 0.25) is 29.5 Å². The number of aliphatic hydroxyl groups is 1. The molecular weight excluding hydrogens is 1010 g/mol. The molecule has 2 heterocycles. The maximum absolute atomic E-state index is 14.7. The molecule has 19 nitrogen and oxygen atoms in total. The molecule has 2 aromatic rings. The molecule has 420 valence electrons. The van der Waals surface area contributed by atoms with Crippen LogP contribution in [0.4, 0.5) is 0 Å². The van der Waals surface area contributed by atoms with E-state index in [9.17, 15) is 29.1 Å². The fraction of sp³-hybridized carbons (Fsp3) is 0.717. The number of likely N-dealkylation sites (tertiary alicyclic amines) is 1. The predicted molar refractivity (Wildman–Crippen MR) is 299 cm³/mol. The van der Waals surface area contributed by atoms with Crippen molar-refractivity contribution in [3.8, 4) is 0 Å². The SMILES string of the molecule is CCC(C)C(C(CC(=O)N1CCC[C@@H]1C(OC)C(C)C(=O)NC(C)C(O)c1ccccc1)OC)N(C)C(=O)C(NC(=O)C(C(C)C)N(C)C(=O)CCC[Si](C)(C)O[Si](C)(C)CSc1ncc(CN=[N+]=[N-])cn1)C(C)C. The number of carbonyl (C=O) groups is 5. The highest BCUT2D eigenvalue weighted by Gasteiger charge is 2.44. The highest BCUT2D eigenvalue weighted by Crippen LogP contribution is 2.31. The largest absolute Gasteiger partial charge is 0.455 e.